The molecule has 0 atom stereocenters. The molecule has 0 radical (unpaired) electrons. The Bertz CT molecular complexity index is 444. The molecular weight excluding hydrogens is 234 g/mol. The molecule has 76 valence electrons. The number of aromatic nitrogens is 4. The van der Waals surface area contributed by atoms with Gasteiger partial charge in [-0.05, 0) is 17.8 Å². The molecule has 0 unspecified atom stereocenters. The summed E-state index contributed by atoms with van der Waals surface area (Å²) in [7, 11) is 0. The zero-order chi connectivity index (χ0) is 10.7. The van der Waals surface area contributed by atoms with Crippen LogP contribution in [0.15, 0.2) is 34.7 Å². The number of hydrogen-bond donors (Lipinski definition) is 1. The first-order valence-electron chi connectivity index (χ1n) is 3.99. The smallest absolute Gasteiger partial charge is 0.222 e. The van der Waals surface area contributed by atoms with Gasteiger partial charge < -0.3 is 5.73 Å². The summed E-state index contributed by atoms with van der Waals surface area (Å²) in [5.74, 6) is 0.140. The Morgan fingerprint density at radius 3 is 2.60 bits per heavy atom. The van der Waals surface area contributed by atoms with Crippen molar-refractivity contribution < 1.29 is 0 Å². The Kier molecular flexibility index (Phi) is 2.98. The van der Waals surface area contributed by atoms with Crippen molar-refractivity contribution >= 4 is 29.3 Å². The minimum absolute atomic E-state index is 0.140. The lowest BCUT2D eigenvalue weighted by molar-refractivity contribution is 0.957. The second-order valence-electron chi connectivity index (χ2n) is 2.52. The van der Waals surface area contributed by atoms with E-state index in [4.69, 9.17) is 17.3 Å². The molecule has 2 aromatic heterocycles. The molecule has 2 heterocycles. The third-order valence-corrected chi connectivity index (χ3v) is 2.43. The van der Waals surface area contributed by atoms with E-state index >= 15 is 0 Å². The van der Waals surface area contributed by atoms with E-state index in [9.17, 15) is 0 Å². The average molecular weight is 240 g/mol. The fourth-order valence-electron chi connectivity index (χ4n) is 0.898. The lowest BCUT2D eigenvalue weighted by Crippen LogP contribution is -1.96. The molecule has 0 saturated heterocycles. The van der Waals surface area contributed by atoms with E-state index in [2.05, 4.69) is 19.9 Å². The molecule has 0 saturated carbocycles. The van der Waals surface area contributed by atoms with E-state index in [1.807, 2.05) is 0 Å². The Morgan fingerprint density at radius 1 is 1.20 bits per heavy atom. The minimum Gasteiger partial charge on any atom is -0.368 e. The van der Waals surface area contributed by atoms with Crippen LogP contribution in [0.5, 0.6) is 0 Å². The van der Waals surface area contributed by atoms with Crippen LogP contribution in [0.3, 0.4) is 0 Å². The molecule has 0 fully saturated rings. The van der Waals surface area contributed by atoms with Gasteiger partial charge in [-0.3, -0.25) is 0 Å². The van der Waals surface area contributed by atoms with Crippen LogP contribution in [0.1, 0.15) is 0 Å². The molecule has 5 nitrogen and oxygen atoms in total. The largest absolute Gasteiger partial charge is 0.368 e. The van der Waals surface area contributed by atoms with E-state index in [-0.39, 0.29) is 5.95 Å². The topological polar surface area (TPSA) is 77.6 Å². The Hall–Kier alpha value is -1.40. The number of rotatable bonds is 2. The van der Waals surface area contributed by atoms with Gasteiger partial charge in [0.2, 0.25) is 5.95 Å². The molecule has 2 rings (SSSR count). The first-order valence-corrected chi connectivity index (χ1v) is 5.18. The number of nitrogens with zero attached hydrogens (tertiary/aromatic N) is 4. The highest BCUT2D eigenvalue weighted by Crippen LogP contribution is 2.24. The van der Waals surface area contributed by atoms with Gasteiger partial charge >= 0.3 is 0 Å². The van der Waals surface area contributed by atoms with Crippen LogP contribution in [0, 0.1) is 0 Å². The van der Waals surface area contributed by atoms with Crippen LogP contribution in [0.4, 0.5) is 5.95 Å². The molecular formula is C8H6ClN5S. The summed E-state index contributed by atoms with van der Waals surface area (Å²) in [6, 6.07) is 3.35. The number of nitrogens with two attached hydrogens (primary N) is 1. The fourth-order valence-corrected chi connectivity index (χ4v) is 1.88. The number of halogens is 1. The van der Waals surface area contributed by atoms with Crippen molar-refractivity contribution in [1.82, 2.24) is 19.9 Å². The van der Waals surface area contributed by atoms with Crippen molar-refractivity contribution in [2.75, 3.05) is 5.73 Å². The van der Waals surface area contributed by atoms with Crippen LogP contribution in [-0.4, -0.2) is 19.9 Å². The molecule has 2 N–H and O–H groups in total. The van der Waals surface area contributed by atoms with E-state index in [1.165, 1.54) is 11.8 Å². The average Bonchev–Trinajstić information content (AvgIpc) is 2.17. The van der Waals surface area contributed by atoms with Crippen molar-refractivity contribution in [2.45, 2.75) is 10.2 Å². The molecule has 0 amide bonds. The van der Waals surface area contributed by atoms with Gasteiger partial charge in [0.15, 0.2) is 5.16 Å². The lowest BCUT2D eigenvalue weighted by Gasteiger charge is -1.99. The van der Waals surface area contributed by atoms with Crippen molar-refractivity contribution in [3.05, 3.63) is 29.7 Å². The zero-order valence-corrected chi connectivity index (χ0v) is 9.03. The molecule has 0 spiro atoms. The molecule has 15 heavy (non-hydrogen) atoms. The molecule has 2 aromatic rings. The summed E-state index contributed by atoms with van der Waals surface area (Å²) in [5.41, 5.74) is 5.45. The second-order valence-corrected chi connectivity index (χ2v) is 3.90. The lowest BCUT2D eigenvalue weighted by atomic mass is 10.7. The van der Waals surface area contributed by atoms with Crippen molar-refractivity contribution in [3.8, 4) is 0 Å². The third-order valence-electron chi connectivity index (χ3n) is 1.43. The van der Waals surface area contributed by atoms with Crippen molar-refractivity contribution in [1.29, 1.82) is 0 Å². The Balaban J connectivity index is 2.25. The molecule has 0 aliphatic heterocycles. The first-order chi connectivity index (χ1) is 7.24. The van der Waals surface area contributed by atoms with Crippen LogP contribution < -0.4 is 5.73 Å². The maximum absolute atomic E-state index is 5.73. The predicted molar refractivity (Wildman–Crippen MR) is 57.6 cm³/mol. The molecule has 7 heteroatoms. The molecule has 0 aliphatic rings. The van der Waals surface area contributed by atoms with E-state index in [0.717, 1.165) is 0 Å². The highest BCUT2D eigenvalue weighted by atomic mass is 35.5. The maximum atomic E-state index is 5.73. The fraction of sp³-hybridized carbons (Fsp3) is 0. The predicted octanol–water partition coefficient (Wildman–Crippen LogP) is 1.65. The number of anilines is 1. The summed E-state index contributed by atoms with van der Waals surface area (Å²) >= 11 is 7.01. The highest BCUT2D eigenvalue weighted by molar-refractivity contribution is 7.99. The van der Waals surface area contributed by atoms with Crippen molar-refractivity contribution in [2.24, 2.45) is 0 Å². The van der Waals surface area contributed by atoms with Crippen molar-refractivity contribution in [3.63, 3.8) is 0 Å². The van der Waals surface area contributed by atoms with E-state index in [1.54, 1.807) is 24.5 Å². The van der Waals surface area contributed by atoms with Gasteiger partial charge in [-0.15, -0.1) is 0 Å². The third kappa shape index (κ3) is 2.77. The Morgan fingerprint density at radius 2 is 1.93 bits per heavy atom. The van der Waals surface area contributed by atoms with Crippen LogP contribution in [0.25, 0.3) is 0 Å². The van der Waals surface area contributed by atoms with E-state index in [0.29, 0.717) is 15.3 Å². The van der Waals surface area contributed by atoms with E-state index < -0.39 is 0 Å². The number of hydrogen-bond acceptors (Lipinski definition) is 6. The quantitative estimate of drug-likeness (QED) is 0.634. The highest BCUT2D eigenvalue weighted by Gasteiger charge is 2.04. The van der Waals surface area contributed by atoms with Gasteiger partial charge in [-0.25, -0.2) is 19.9 Å². The summed E-state index contributed by atoms with van der Waals surface area (Å²) < 4.78 is 0. The van der Waals surface area contributed by atoms with Crippen LogP contribution in [0.2, 0.25) is 5.15 Å². The van der Waals surface area contributed by atoms with Gasteiger partial charge in [0, 0.05) is 18.5 Å². The minimum atomic E-state index is 0.140. The standard InChI is InChI=1S/C8H6ClN5S/c9-5-4-6(14-7(10)13-5)15-8-11-2-1-3-12-8/h1-4H,(H2,10,13,14). The molecule has 0 bridgehead atoms. The summed E-state index contributed by atoms with van der Waals surface area (Å²) in [5, 5.41) is 1.52. The van der Waals surface area contributed by atoms with Crippen LogP contribution in [-0.2, 0) is 0 Å². The second kappa shape index (κ2) is 4.41. The number of nitrogen functional groups attached to an aromatic ring is 1. The normalized spacial score (nSPS) is 10.2. The zero-order valence-electron chi connectivity index (χ0n) is 7.46. The summed E-state index contributed by atoms with van der Waals surface area (Å²) in [4.78, 5) is 15.8. The van der Waals surface area contributed by atoms with Crippen LogP contribution >= 0.6 is 23.4 Å². The summed E-state index contributed by atoms with van der Waals surface area (Å²) in [6.07, 6.45) is 3.31. The SMILES string of the molecule is Nc1nc(Cl)cc(Sc2ncccn2)n1. The molecule has 0 aliphatic carbocycles. The van der Waals surface area contributed by atoms with Gasteiger partial charge in [0.05, 0.1) is 0 Å². The van der Waals surface area contributed by atoms with Gasteiger partial charge in [-0.2, -0.15) is 0 Å². The maximum Gasteiger partial charge on any atom is 0.222 e. The molecule has 0 aromatic carbocycles. The summed E-state index contributed by atoms with van der Waals surface area (Å²) in [6.45, 7) is 0. The Labute approximate surface area is 95.1 Å². The first kappa shape index (κ1) is 10.1. The van der Waals surface area contributed by atoms with Gasteiger partial charge in [0.25, 0.3) is 0 Å². The van der Waals surface area contributed by atoms with Gasteiger partial charge in [-0.1, -0.05) is 11.6 Å². The van der Waals surface area contributed by atoms with Gasteiger partial charge in [0.1, 0.15) is 10.2 Å². The monoisotopic (exact) mass is 239 g/mol.